The number of aliphatic carboxylic acids is 1. The molecule has 0 bridgehead atoms. The topological polar surface area (TPSA) is 85.2 Å². The van der Waals surface area contributed by atoms with Crippen molar-refractivity contribution in [2.24, 2.45) is 11.8 Å². The minimum absolute atomic E-state index is 0.0685. The molecule has 1 fully saturated rings. The second-order valence-corrected chi connectivity index (χ2v) is 22.0. The molecule has 5 atom stereocenters. The average molecular weight is 687 g/mol. The number of ether oxygens (including phenoxy) is 1. The highest BCUT2D eigenvalue weighted by molar-refractivity contribution is 6.74. The van der Waals surface area contributed by atoms with Crippen LogP contribution >= 0.6 is 0 Å². The van der Waals surface area contributed by atoms with Gasteiger partial charge in [-0.05, 0) is 86.1 Å². The van der Waals surface area contributed by atoms with Crippen molar-refractivity contribution < 1.29 is 41.8 Å². The maximum Gasteiger partial charge on any atom is 0.416 e. The molecule has 0 aromatic heterocycles. The summed E-state index contributed by atoms with van der Waals surface area (Å²) < 4.78 is 59.8. The third-order valence-corrected chi connectivity index (χ3v) is 19.4. The molecule has 0 amide bonds. The van der Waals surface area contributed by atoms with E-state index < -0.39 is 46.6 Å². The van der Waals surface area contributed by atoms with Crippen LogP contribution in [0.15, 0.2) is 48.6 Å². The molecule has 1 aromatic carbocycles. The zero-order chi connectivity index (χ0) is 34.4. The quantitative estimate of drug-likeness (QED) is 0.0761. The summed E-state index contributed by atoms with van der Waals surface area (Å²) in [4.78, 5) is 10.9. The van der Waals surface area contributed by atoms with Gasteiger partial charge in [0.1, 0.15) is 12.4 Å². The van der Waals surface area contributed by atoms with E-state index in [1.807, 2.05) is 18.2 Å². The number of unbranched alkanes of at least 4 members (excludes halogenated alkanes) is 1. The number of hydrogen-bond donors (Lipinski definition) is 2. The van der Waals surface area contributed by atoms with E-state index in [4.69, 9.17) is 18.7 Å². The SMILES string of the molecule is CC[Si](CC)(CC)O[C@H](/C=C/[C@@H]1[C@@H](C/C=C\CCCC(=O)O)[C@@H](O)C[C@H]1O[Si](CC)(CC)CC)COc1cccc(C(F)(F)F)c1. The van der Waals surface area contributed by atoms with Crippen LogP contribution in [0.5, 0.6) is 5.75 Å². The molecular formula is C35H57F3O6Si2. The van der Waals surface area contributed by atoms with E-state index in [-0.39, 0.29) is 36.7 Å². The van der Waals surface area contributed by atoms with Crippen molar-refractivity contribution in [3.8, 4) is 5.75 Å². The fourth-order valence-corrected chi connectivity index (χ4v) is 12.2. The van der Waals surface area contributed by atoms with Gasteiger partial charge in [0, 0.05) is 12.3 Å². The van der Waals surface area contributed by atoms with Crippen LogP contribution in [0.1, 0.15) is 79.2 Å². The molecule has 0 spiro atoms. The van der Waals surface area contributed by atoms with Gasteiger partial charge in [-0.15, -0.1) is 0 Å². The van der Waals surface area contributed by atoms with Gasteiger partial charge in [0.25, 0.3) is 0 Å². The van der Waals surface area contributed by atoms with E-state index in [9.17, 15) is 23.1 Å². The minimum atomic E-state index is -4.46. The Morgan fingerprint density at radius 3 is 2.20 bits per heavy atom. The molecule has 2 rings (SSSR count). The Morgan fingerprint density at radius 2 is 1.63 bits per heavy atom. The first-order valence-corrected chi connectivity index (χ1v) is 22.3. The van der Waals surface area contributed by atoms with Crippen molar-refractivity contribution in [2.75, 3.05) is 6.61 Å². The fourth-order valence-electron chi connectivity index (χ4n) is 6.52. The molecule has 262 valence electrons. The van der Waals surface area contributed by atoms with Crippen LogP contribution in [0.3, 0.4) is 0 Å². The van der Waals surface area contributed by atoms with Crippen LogP contribution in [0, 0.1) is 11.8 Å². The van der Waals surface area contributed by atoms with Crippen LogP contribution in [0.4, 0.5) is 13.2 Å². The Bertz CT molecular complexity index is 1090. The Kier molecular flexibility index (Phi) is 16.8. The second-order valence-electron chi connectivity index (χ2n) is 12.6. The molecule has 0 radical (unpaired) electrons. The van der Waals surface area contributed by atoms with E-state index in [0.29, 0.717) is 25.7 Å². The lowest BCUT2D eigenvalue weighted by Gasteiger charge is -2.35. The largest absolute Gasteiger partial charge is 0.491 e. The number of alkyl halides is 3. The third-order valence-electron chi connectivity index (χ3n) is 10.0. The van der Waals surface area contributed by atoms with Crippen molar-refractivity contribution in [3.63, 3.8) is 0 Å². The number of halogens is 3. The summed E-state index contributed by atoms with van der Waals surface area (Å²) in [7, 11) is -4.11. The van der Waals surface area contributed by atoms with Gasteiger partial charge >= 0.3 is 12.1 Å². The predicted octanol–water partition coefficient (Wildman–Crippen LogP) is 9.62. The smallest absolute Gasteiger partial charge is 0.416 e. The van der Waals surface area contributed by atoms with Gasteiger partial charge < -0.3 is 23.8 Å². The van der Waals surface area contributed by atoms with E-state index in [2.05, 4.69) is 47.6 Å². The molecule has 1 aliphatic rings. The van der Waals surface area contributed by atoms with Crippen molar-refractivity contribution >= 4 is 22.6 Å². The van der Waals surface area contributed by atoms with Crippen LogP contribution in [0.2, 0.25) is 36.3 Å². The number of rotatable bonds is 21. The monoisotopic (exact) mass is 686 g/mol. The maximum atomic E-state index is 13.4. The van der Waals surface area contributed by atoms with E-state index in [0.717, 1.165) is 48.4 Å². The highest BCUT2D eigenvalue weighted by Gasteiger charge is 2.45. The zero-order valence-electron chi connectivity index (χ0n) is 28.7. The first-order chi connectivity index (χ1) is 21.8. The fraction of sp³-hybridized carbons (Fsp3) is 0.686. The standard InChI is InChI=1S/C35H57F3O6Si2/c1-7-45(8-2,9-3)43-29(26-42-28-19-17-18-27(24-28)35(36,37)38)22-23-31-30(20-15-13-14-16-21-34(40)41)32(39)25-33(31)44-46(10-4,11-5)12-6/h13,15,17-19,22-24,29-33,39H,7-12,14,16,20-21,25-26H2,1-6H3,(H,40,41)/b15-13-,23-22+/t29-,30-,31-,32+,33-/m1/s1. The van der Waals surface area contributed by atoms with Gasteiger partial charge in [0.2, 0.25) is 0 Å². The number of carboxylic acid groups (broad SMARTS) is 1. The summed E-state index contributed by atoms with van der Waals surface area (Å²) in [6.45, 7) is 13.0. The Morgan fingerprint density at radius 1 is 1.00 bits per heavy atom. The summed E-state index contributed by atoms with van der Waals surface area (Å²) in [6.07, 6.45) is 4.99. The lowest BCUT2D eigenvalue weighted by Crippen LogP contribution is -2.42. The molecule has 1 saturated carbocycles. The average Bonchev–Trinajstić information content (AvgIpc) is 3.33. The number of allylic oxidation sites excluding steroid dienone is 2. The summed E-state index contributed by atoms with van der Waals surface area (Å²) in [5.74, 6) is -0.849. The first kappa shape index (κ1) is 40.2. The molecule has 1 aromatic rings. The Balaban J connectivity index is 2.40. The third kappa shape index (κ3) is 11.9. The molecule has 6 nitrogen and oxygen atoms in total. The van der Waals surface area contributed by atoms with Crippen LogP contribution in [-0.2, 0) is 19.8 Å². The Hall–Kier alpha value is -1.93. The van der Waals surface area contributed by atoms with Crippen LogP contribution < -0.4 is 4.74 Å². The molecule has 0 aliphatic heterocycles. The normalized spacial score (nSPS) is 21.8. The highest BCUT2D eigenvalue weighted by atomic mass is 28.4. The first-order valence-electron chi connectivity index (χ1n) is 17.2. The molecule has 0 unspecified atom stereocenters. The lowest BCUT2D eigenvalue weighted by atomic mass is 9.89. The van der Waals surface area contributed by atoms with E-state index >= 15 is 0 Å². The molecule has 0 saturated heterocycles. The Labute approximate surface area is 276 Å². The summed E-state index contributed by atoms with van der Waals surface area (Å²) in [5, 5.41) is 20.2. The van der Waals surface area contributed by atoms with Gasteiger partial charge in [-0.1, -0.05) is 71.9 Å². The number of aliphatic hydroxyl groups is 1. The molecule has 0 heterocycles. The zero-order valence-corrected chi connectivity index (χ0v) is 30.7. The van der Waals surface area contributed by atoms with Crippen LogP contribution in [-0.4, -0.2) is 57.7 Å². The van der Waals surface area contributed by atoms with Gasteiger partial charge in [-0.2, -0.15) is 13.2 Å². The van der Waals surface area contributed by atoms with Gasteiger partial charge in [-0.25, -0.2) is 0 Å². The van der Waals surface area contributed by atoms with Gasteiger partial charge in [0.15, 0.2) is 16.6 Å². The summed E-state index contributed by atoms with van der Waals surface area (Å²) in [6, 6.07) is 10.6. The molecule has 46 heavy (non-hydrogen) atoms. The minimum Gasteiger partial charge on any atom is -0.491 e. The van der Waals surface area contributed by atoms with Crippen molar-refractivity contribution in [1.29, 1.82) is 0 Å². The summed E-state index contributed by atoms with van der Waals surface area (Å²) >= 11 is 0. The van der Waals surface area contributed by atoms with Crippen molar-refractivity contribution in [3.05, 3.63) is 54.1 Å². The van der Waals surface area contributed by atoms with Crippen LogP contribution in [0.25, 0.3) is 0 Å². The lowest BCUT2D eigenvalue weighted by molar-refractivity contribution is -0.138. The number of aliphatic hydroxyl groups excluding tert-OH is 1. The molecular weight excluding hydrogens is 630 g/mol. The van der Waals surface area contributed by atoms with Gasteiger partial charge in [-0.3, -0.25) is 4.79 Å². The van der Waals surface area contributed by atoms with Crippen molar-refractivity contribution in [1.82, 2.24) is 0 Å². The number of carbonyl (C=O) groups is 1. The maximum absolute atomic E-state index is 13.4. The summed E-state index contributed by atoms with van der Waals surface area (Å²) in [5.41, 5.74) is -0.758. The number of benzene rings is 1. The second kappa shape index (κ2) is 19.2. The van der Waals surface area contributed by atoms with E-state index in [1.165, 1.54) is 12.1 Å². The predicted molar refractivity (Wildman–Crippen MR) is 183 cm³/mol. The molecule has 2 N–H and O–H groups in total. The molecule has 11 heteroatoms. The van der Waals surface area contributed by atoms with Crippen molar-refractivity contribution in [2.45, 2.75) is 134 Å². The van der Waals surface area contributed by atoms with E-state index in [1.54, 1.807) is 0 Å². The molecule has 1 aliphatic carbocycles. The van der Waals surface area contributed by atoms with Gasteiger partial charge in [0.05, 0.1) is 23.9 Å². The highest BCUT2D eigenvalue weighted by Crippen LogP contribution is 2.41. The number of hydrogen-bond acceptors (Lipinski definition) is 5. The number of carboxylic acids is 1.